The lowest BCUT2D eigenvalue weighted by Gasteiger charge is -2.32. The predicted octanol–water partition coefficient (Wildman–Crippen LogP) is 5.23. The van der Waals surface area contributed by atoms with E-state index in [1.807, 2.05) is 0 Å². The van der Waals surface area contributed by atoms with Gasteiger partial charge in [0.15, 0.2) is 5.11 Å². The van der Waals surface area contributed by atoms with Crippen molar-refractivity contribution in [2.45, 2.75) is 51.0 Å². The molecular weight excluding hydrogens is 312 g/mol. The van der Waals surface area contributed by atoms with Crippen molar-refractivity contribution in [1.82, 2.24) is 5.32 Å². The van der Waals surface area contributed by atoms with E-state index in [-0.39, 0.29) is 5.54 Å². The van der Waals surface area contributed by atoms with Crippen LogP contribution in [0.25, 0.3) is 0 Å². The van der Waals surface area contributed by atoms with Crippen LogP contribution in [0.4, 0.5) is 5.69 Å². The van der Waals surface area contributed by atoms with Gasteiger partial charge in [0.05, 0.1) is 0 Å². The van der Waals surface area contributed by atoms with Crippen LogP contribution >= 0.6 is 12.2 Å². The number of hydrogen-bond donors (Lipinski definition) is 2. The highest BCUT2D eigenvalue weighted by atomic mass is 32.1. The minimum Gasteiger partial charge on any atom is -0.357 e. The Hall–Kier alpha value is -1.87. The highest BCUT2D eigenvalue weighted by molar-refractivity contribution is 7.80. The summed E-state index contributed by atoms with van der Waals surface area (Å²) in [4.78, 5) is 0. The largest absolute Gasteiger partial charge is 0.357 e. The Bertz CT molecular complexity index is 675. The van der Waals surface area contributed by atoms with Gasteiger partial charge in [0.25, 0.3) is 0 Å². The smallest absolute Gasteiger partial charge is 0.171 e. The molecule has 2 aromatic rings. The number of hydrogen-bond acceptors (Lipinski definition) is 1. The van der Waals surface area contributed by atoms with E-state index in [1.54, 1.807) is 0 Å². The molecule has 2 aromatic carbocycles. The molecule has 24 heavy (non-hydrogen) atoms. The van der Waals surface area contributed by atoms with Gasteiger partial charge in [-0.25, -0.2) is 0 Å². The summed E-state index contributed by atoms with van der Waals surface area (Å²) < 4.78 is 0. The first-order chi connectivity index (χ1) is 11.7. The molecule has 0 bridgehead atoms. The van der Waals surface area contributed by atoms with Crippen LogP contribution in [-0.2, 0) is 6.42 Å². The second-order valence-corrected chi connectivity index (χ2v) is 7.33. The molecule has 1 saturated carbocycles. The Balaban J connectivity index is 1.61. The molecule has 126 valence electrons. The molecule has 0 radical (unpaired) electrons. The lowest BCUT2D eigenvalue weighted by Crippen LogP contribution is -2.48. The van der Waals surface area contributed by atoms with Gasteiger partial charge >= 0.3 is 0 Å². The molecule has 0 heterocycles. The summed E-state index contributed by atoms with van der Waals surface area (Å²) >= 11 is 5.60. The van der Waals surface area contributed by atoms with Crippen LogP contribution in [0.15, 0.2) is 54.6 Å². The maximum atomic E-state index is 5.60. The number of anilines is 1. The summed E-state index contributed by atoms with van der Waals surface area (Å²) in [6.07, 6.45) is 7.21. The second-order valence-electron chi connectivity index (χ2n) is 6.92. The number of nitrogens with one attached hydrogen (secondary N) is 2. The average molecular weight is 339 g/mol. The Morgan fingerprint density at radius 2 is 1.79 bits per heavy atom. The molecule has 0 saturated heterocycles. The molecule has 1 aliphatic rings. The van der Waals surface area contributed by atoms with Gasteiger partial charge in [-0.15, -0.1) is 0 Å². The topological polar surface area (TPSA) is 24.1 Å². The number of aryl methyl sites for hydroxylation is 2. The van der Waals surface area contributed by atoms with E-state index in [9.17, 15) is 0 Å². The monoisotopic (exact) mass is 338 g/mol. The van der Waals surface area contributed by atoms with Crippen molar-refractivity contribution in [2.24, 2.45) is 0 Å². The van der Waals surface area contributed by atoms with E-state index in [2.05, 4.69) is 72.2 Å². The molecule has 1 aliphatic carbocycles. The van der Waals surface area contributed by atoms with Gasteiger partial charge in [-0.05, 0) is 68.1 Å². The van der Waals surface area contributed by atoms with Gasteiger partial charge in [-0.1, -0.05) is 55.3 Å². The molecule has 0 unspecified atom stereocenters. The molecule has 0 atom stereocenters. The van der Waals surface area contributed by atoms with Crippen molar-refractivity contribution in [1.29, 1.82) is 0 Å². The summed E-state index contributed by atoms with van der Waals surface area (Å²) in [6, 6.07) is 19.1. The first-order valence-corrected chi connectivity index (χ1v) is 9.26. The lowest BCUT2D eigenvalue weighted by atomic mass is 9.89. The molecule has 0 amide bonds. The van der Waals surface area contributed by atoms with E-state index >= 15 is 0 Å². The minimum absolute atomic E-state index is 0.143. The van der Waals surface area contributed by atoms with E-state index in [4.69, 9.17) is 12.2 Å². The molecule has 3 heteroatoms. The summed E-state index contributed by atoms with van der Waals surface area (Å²) in [7, 11) is 0. The van der Waals surface area contributed by atoms with Crippen LogP contribution in [-0.4, -0.2) is 10.7 Å². The molecule has 1 fully saturated rings. The maximum Gasteiger partial charge on any atom is 0.171 e. The summed E-state index contributed by atoms with van der Waals surface area (Å²) in [5.41, 5.74) is 3.85. The van der Waals surface area contributed by atoms with Crippen molar-refractivity contribution in [3.63, 3.8) is 0 Å². The molecule has 2 N–H and O–H groups in total. The molecular formula is C21H26N2S. The van der Waals surface area contributed by atoms with Crippen LogP contribution in [0.2, 0.25) is 0 Å². The van der Waals surface area contributed by atoms with Gasteiger partial charge < -0.3 is 10.6 Å². The third-order valence-electron chi connectivity index (χ3n) is 4.95. The molecule has 2 nitrogen and oxygen atoms in total. The number of thiocarbonyl (C=S) groups is 1. The third-order valence-corrected chi connectivity index (χ3v) is 5.15. The first kappa shape index (κ1) is 17.0. The van der Waals surface area contributed by atoms with Crippen molar-refractivity contribution in [3.8, 4) is 0 Å². The van der Waals surface area contributed by atoms with Crippen LogP contribution in [0, 0.1) is 6.92 Å². The Labute approximate surface area is 150 Å². The SMILES string of the molecule is Cc1cccc(NC(=S)NC2(CCc3ccccc3)CCCC2)c1. The van der Waals surface area contributed by atoms with Crippen LogP contribution in [0.5, 0.6) is 0 Å². The second kappa shape index (κ2) is 7.80. The van der Waals surface area contributed by atoms with Crippen molar-refractivity contribution < 1.29 is 0 Å². The van der Waals surface area contributed by atoms with Crippen LogP contribution in [0.3, 0.4) is 0 Å². The van der Waals surface area contributed by atoms with Gasteiger partial charge in [0.1, 0.15) is 0 Å². The van der Waals surface area contributed by atoms with Crippen LogP contribution < -0.4 is 10.6 Å². The molecule has 0 aliphatic heterocycles. The quantitative estimate of drug-likeness (QED) is 0.730. The Kier molecular flexibility index (Phi) is 5.52. The normalized spacial score (nSPS) is 15.9. The Morgan fingerprint density at radius 1 is 1.04 bits per heavy atom. The zero-order valence-electron chi connectivity index (χ0n) is 14.3. The summed E-state index contributed by atoms with van der Waals surface area (Å²) in [5, 5.41) is 7.75. The fraction of sp³-hybridized carbons (Fsp3) is 0.381. The standard InChI is InChI=1S/C21H26N2S/c1-17-8-7-11-19(16-17)22-20(24)23-21(13-5-6-14-21)15-12-18-9-3-2-4-10-18/h2-4,7-11,16H,5-6,12-15H2,1H3,(H2,22,23,24). The number of benzene rings is 2. The van der Waals surface area contributed by atoms with E-state index in [0.29, 0.717) is 0 Å². The van der Waals surface area contributed by atoms with E-state index < -0.39 is 0 Å². The number of rotatable bonds is 5. The minimum atomic E-state index is 0.143. The zero-order valence-corrected chi connectivity index (χ0v) is 15.2. The van der Waals surface area contributed by atoms with E-state index in [0.717, 1.165) is 23.6 Å². The molecule has 3 rings (SSSR count). The fourth-order valence-corrected chi connectivity index (χ4v) is 3.98. The first-order valence-electron chi connectivity index (χ1n) is 8.85. The third kappa shape index (κ3) is 4.57. The van der Waals surface area contributed by atoms with Gasteiger partial charge in [-0.2, -0.15) is 0 Å². The predicted molar refractivity (Wildman–Crippen MR) is 106 cm³/mol. The summed E-state index contributed by atoms with van der Waals surface area (Å²) in [6.45, 7) is 2.10. The van der Waals surface area contributed by atoms with E-state index in [1.165, 1.54) is 36.8 Å². The average Bonchev–Trinajstić information content (AvgIpc) is 3.02. The summed E-state index contributed by atoms with van der Waals surface area (Å²) in [5.74, 6) is 0. The molecule has 0 spiro atoms. The van der Waals surface area contributed by atoms with Crippen molar-refractivity contribution >= 4 is 23.0 Å². The van der Waals surface area contributed by atoms with Gasteiger partial charge in [0.2, 0.25) is 0 Å². The maximum absolute atomic E-state index is 5.60. The van der Waals surface area contributed by atoms with Crippen molar-refractivity contribution in [2.75, 3.05) is 5.32 Å². The van der Waals surface area contributed by atoms with Crippen LogP contribution in [0.1, 0.15) is 43.2 Å². The fourth-order valence-electron chi connectivity index (χ4n) is 3.64. The lowest BCUT2D eigenvalue weighted by molar-refractivity contribution is 0.362. The molecule has 0 aromatic heterocycles. The highest BCUT2D eigenvalue weighted by Gasteiger charge is 2.33. The highest BCUT2D eigenvalue weighted by Crippen LogP contribution is 2.33. The Morgan fingerprint density at radius 3 is 2.50 bits per heavy atom. The van der Waals surface area contributed by atoms with Gasteiger partial charge in [0, 0.05) is 11.2 Å². The van der Waals surface area contributed by atoms with Crippen molar-refractivity contribution in [3.05, 3.63) is 65.7 Å². The van der Waals surface area contributed by atoms with Gasteiger partial charge in [-0.3, -0.25) is 0 Å². The zero-order chi connectivity index (χ0) is 16.8.